The number of carbonyl (C=O) groups is 2. The second-order valence-corrected chi connectivity index (χ2v) is 6.85. The number of phenolic OH excluding ortho intramolecular Hbond substituents is 2. The molecule has 0 fully saturated rings. The van der Waals surface area contributed by atoms with Crippen molar-refractivity contribution in [2.45, 2.75) is 11.3 Å². The van der Waals surface area contributed by atoms with E-state index in [1.54, 1.807) is 24.3 Å². The molecule has 0 saturated carbocycles. The number of rotatable bonds is 3. The fraction of sp³-hybridized carbons (Fsp3) is 0.0833. The normalized spacial score (nSPS) is 18.2. The van der Waals surface area contributed by atoms with Crippen LogP contribution in [0.2, 0.25) is 0 Å². The molecule has 3 aromatic carbocycles. The first kappa shape index (κ1) is 17.7. The van der Waals surface area contributed by atoms with Gasteiger partial charge in [-0.1, -0.05) is 54.6 Å². The highest BCUT2D eigenvalue weighted by atomic mass is 16.3. The summed E-state index contributed by atoms with van der Waals surface area (Å²) in [5.41, 5.74) is 0.639. The van der Waals surface area contributed by atoms with Gasteiger partial charge in [-0.3, -0.25) is 9.59 Å². The van der Waals surface area contributed by atoms with Gasteiger partial charge in [-0.15, -0.1) is 0 Å². The second kappa shape index (κ2) is 6.82. The molecule has 3 aromatic rings. The Kier molecular flexibility index (Phi) is 4.32. The van der Waals surface area contributed by atoms with Crippen molar-refractivity contribution in [1.29, 1.82) is 0 Å². The Balaban J connectivity index is 2.08. The molecule has 0 bridgehead atoms. The van der Waals surface area contributed by atoms with Crippen molar-refractivity contribution in [3.63, 3.8) is 0 Å². The van der Waals surface area contributed by atoms with Crippen molar-refractivity contribution in [1.82, 2.24) is 0 Å². The van der Waals surface area contributed by atoms with E-state index in [1.807, 2.05) is 30.3 Å². The predicted molar refractivity (Wildman–Crippen MR) is 105 cm³/mol. The molecule has 4 nitrogen and oxygen atoms in total. The third-order valence-corrected chi connectivity index (χ3v) is 5.28. The Morgan fingerprint density at radius 2 is 1.14 bits per heavy atom. The van der Waals surface area contributed by atoms with E-state index in [-0.39, 0.29) is 23.1 Å². The summed E-state index contributed by atoms with van der Waals surface area (Å²) in [7, 11) is 0. The summed E-state index contributed by atoms with van der Waals surface area (Å²) in [6.45, 7) is 0. The number of allylic oxidation sites excluding steroid dienone is 2. The second-order valence-electron chi connectivity index (χ2n) is 6.85. The highest BCUT2D eigenvalue weighted by molar-refractivity contribution is 6.16. The molecule has 1 aliphatic carbocycles. The Morgan fingerprint density at radius 3 is 1.64 bits per heavy atom. The Bertz CT molecular complexity index is 1000. The van der Waals surface area contributed by atoms with Gasteiger partial charge in [0, 0.05) is 0 Å². The third-order valence-electron chi connectivity index (χ3n) is 5.28. The molecule has 2 N–H and O–H groups in total. The number of carbonyl (C=O) groups excluding carboxylic acids is 2. The van der Waals surface area contributed by atoms with Crippen LogP contribution >= 0.6 is 0 Å². The zero-order chi connectivity index (χ0) is 19.7. The van der Waals surface area contributed by atoms with Gasteiger partial charge in [0.25, 0.3) is 0 Å². The van der Waals surface area contributed by atoms with Crippen molar-refractivity contribution in [2.24, 2.45) is 0 Å². The fourth-order valence-corrected chi connectivity index (χ4v) is 4.03. The average Bonchev–Trinajstić information content (AvgIpc) is 2.71. The summed E-state index contributed by atoms with van der Waals surface area (Å²) < 4.78 is 0. The van der Waals surface area contributed by atoms with Crippen LogP contribution in [0.3, 0.4) is 0 Å². The first-order valence-electron chi connectivity index (χ1n) is 8.94. The van der Waals surface area contributed by atoms with Crippen LogP contribution in [-0.4, -0.2) is 21.8 Å². The lowest BCUT2D eigenvalue weighted by Gasteiger charge is -2.41. The highest BCUT2D eigenvalue weighted by Gasteiger charge is 2.52. The van der Waals surface area contributed by atoms with Gasteiger partial charge < -0.3 is 10.2 Å². The van der Waals surface area contributed by atoms with Crippen LogP contribution in [0, 0.1) is 0 Å². The largest absolute Gasteiger partial charge is 0.508 e. The lowest BCUT2D eigenvalue weighted by Crippen LogP contribution is -2.47. The molecule has 0 amide bonds. The van der Waals surface area contributed by atoms with Gasteiger partial charge in [0.1, 0.15) is 11.5 Å². The number of hydrogen-bond donors (Lipinski definition) is 2. The topological polar surface area (TPSA) is 74.6 Å². The van der Waals surface area contributed by atoms with Crippen LogP contribution in [-0.2, 0) is 15.0 Å². The number of ketones is 2. The zero-order valence-corrected chi connectivity index (χ0v) is 14.9. The predicted octanol–water partition coefficient (Wildman–Crippen LogP) is 3.88. The summed E-state index contributed by atoms with van der Waals surface area (Å²) >= 11 is 0. The maximum atomic E-state index is 13.5. The first-order chi connectivity index (χ1) is 13.5. The molecule has 1 unspecified atom stereocenters. The lowest BCUT2D eigenvalue weighted by molar-refractivity contribution is -0.126. The molecule has 0 radical (unpaired) electrons. The third kappa shape index (κ3) is 2.70. The number of hydrogen-bond acceptors (Lipinski definition) is 4. The quantitative estimate of drug-likeness (QED) is 0.734. The van der Waals surface area contributed by atoms with Gasteiger partial charge in [-0.2, -0.15) is 0 Å². The molecule has 0 spiro atoms. The van der Waals surface area contributed by atoms with Gasteiger partial charge in [0.05, 0.1) is 11.3 Å². The van der Waals surface area contributed by atoms with Crippen LogP contribution in [0.25, 0.3) is 0 Å². The molecule has 0 aliphatic heterocycles. The maximum absolute atomic E-state index is 13.5. The Labute approximate surface area is 162 Å². The lowest BCUT2D eigenvalue weighted by atomic mass is 9.58. The van der Waals surface area contributed by atoms with E-state index < -0.39 is 11.3 Å². The van der Waals surface area contributed by atoms with E-state index in [0.717, 1.165) is 5.56 Å². The maximum Gasteiger partial charge on any atom is 0.171 e. The summed E-state index contributed by atoms with van der Waals surface area (Å²) in [5.74, 6) is -1.01. The number of phenols is 2. The molecule has 1 aliphatic rings. The molecule has 0 aromatic heterocycles. The van der Waals surface area contributed by atoms with Crippen LogP contribution in [0.1, 0.15) is 22.6 Å². The van der Waals surface area contributed by atoms with Crippen molar-refractivity contribution >= 4 is 11.6 Å². The summed E-state index contributed by atoms with van der Waals surface area (Å²) in [6, 6.07) is 21.9. The van der Waals surface area contributed by atoms with Crippen molar-refractivity contribution in [2.75, 3.05) is 0 Å². The minimum atomic E-state index is -1.30. The minimum absolute atomic E-state index is 0.0750. The molecule has 0 heterocycles. The molecule has 28 heavy (non-hydrogen) atoms. The van der Waals surface area contributed by atoms with Crippen molar-refractivity contribution in [3.8, 4) is 11.5 Å². The molecular formula is C24H18O4. The van der Waals surface area contributed by atoms with Gasteiger partial charge in [-0.25, -0.2) is 0 Å². The van der Waals surface area contributed by atoms with Gasteiger partial charge in [-0.05, 0) is 53.1 Å². The van der Waals surface area contributed by atoms with E-state index in [2.05, 4.69) is 0 Å². The average molecular weight is 370 g/mol. The van der Waals surface area contributed by atoms with E-state index in [9.17, 15) is 19.8 Å². The van der Waals surface area contributed by atoms with Gasteiger partial charge in [0.15, 0.2) is 11.6 Å². The van der Waals surface area contributed by atoms with E-state index >= 15 is 0 Å². The van der Waals surface area contributed by atoms with E-state index in [0.29, 0.717) is 11.1 Å². The molecule has 4 heteroatoms. The van der Waals surface area contributed by atoms with Gasteiger partial charge in [0.2, 0.25) is 0 Å². The zero-order valence-electron chi connectivity index (χ0n) is 14.9. The molecule has 4 rings (SSSR count). The Hall–Kier alpha value is -3.66. The molecule has 138 valence electrons. The molecule has 0 saturated heterocycles. The number of benzene rings is 3. The summed E-state index contributed by atoms with van der Waals surface area (Å²) in [5, 5.41) is 19.5. The monoisotopic (exact) mass is 370 g/mol. The SMILES string of the molecule is O=C1C=CC(=O)C(c2ccc(O)cc2)(c2ccc(O)cc2)C1c1ccccc1. The number of aromatic hydroxyl groups is 2. The van der Waals surface area contributed by atoms with E-state index in [1.165, 1.54) is 36.4 Å². The van der Waals surface area contributed by atoms with Crippen LogP contribution in [0.5, 0.6) is 11.5 Å². The smallest absolute Gasteiger partial charge is 0.171 e. The van der Waals surface area contributed by atoms with Crippen LogP contribution in [0.4, 0.5) is 0 Å². The summed E-state index contributed by atoms with van der Waals surface area (Å²) in [6.07, 6.45) is 2.65. The highest BCUT2D eigenvalue weighted by Crippen LogP contribution is 2.48. The minimum Gasteiger partial charge on any atom is -0.508 e. The van der Waals surface area contributed by atoms with Crippen LogP contribution in [0.15, 0.2) is 91.0 Å². The first-order valence-corrected chi connectivity index (χ1v) is 8.94. The summed E-state index contributed by atoms with van der Waals surface area (Å²) in [4.78, 5) is 26.6. The van der Waals surface area contributed by atoms with E-state index in [4.69, 9.17) is 0 Å². The van der Waals surface area contributed by atoms with Gasteiger partial charge >= 0.3 is 0 Å². The van der Waals surface area contributed by atoms with Crippen molar-refractivity contribution < 1.29 is 19.8 Å². The molecular weight excluding hydrogens is 352 g/mol. The fourth-order valence-electron chi connectivity index (χ4n) is 4.03. The van der Waals surface area contributed by atoms with Crippen molar-refractivity contribution in [3.05, 3.63) is 108 Å². The molecule has 1 atom stereocenters. The Morgan fingerprint density at radius 1 is 0.643 bits per heavy atom. The standard InChI is InChI=1S/C24H18O4/c25-19-10-6-17(7-11-19)24(18-8-12-20(26)13-9-18)22(28)15-14-21(27)23(24)16-4-2-1-3-5-16/h1-15,23,25-26H. The van der Waals surface area contributed by atoms with Crippen LogP contribution < -0.4 is 0 Å².